The maximum Gasteiger partial charge on any atom is 0.130 e. The summed E-state index contributed by atoms with van der Waals surface area (Å²) in [5.41, 5.74) is 9.34. The predicted octanol–water partition coefficient (Wildman–Crippen LogP) is 2.36. The maximum absolute atomic E-state index is 6.15. The molecule has 0 saturated heterocycles. The second-order valence-electron chi connectivity index (χ2n) is 4.04. The Kier molecular flexibility index (Phi) is 3.42. The SMILES string of the molecule is CCCc1nn(-c2cccnc2)c(N)c1CC. The Hall–Kier alpha value is -1.84. The normalized spacial score (nSPS) is 10.7. The highest BCUT2D eigenvalue weighted by molar-refractivity contribution is 5.49. The summed E-state index contributed by atoms with van der Waals surface area (Å²) < 4.78 is 1.79. The number of pyridine rings is 1. The lowest BCUT2D eigenvalue weighted by atomic mass is 10.1. The second-order valence-corrected chi connectivity index (χ2v) is 4.04. The first-order valence-electron chi connectivity index (χ1n) is 6.04. The van der Waals surface area contributed by atoms with Crippen molar-refractivity contribution in [3.63, 3.8) is 0 Å². The van der Waals surface area contributed by atoms with E-state index in [-0.39, 0.29) is 0 Å². The number of nitrogens with two attached hydrogens (primary N) is 1. The molecule has 0 saturated carbocycles. The van der Waals surface area contributed by atoms with Gasteiger partial charge in [-0.1, -0.05) is 20.3 Å². The van der Waals surface area contributed by atoms with Gasteiger partial charge in [-0.3, -0.25) is 4.98 Å². The molecule has 0 aliphatic heterocycles. The van der Waals surface area contributed by atoms with Crippen LogP contribution < -0.4 is 5.73 Å². The largest absolute Gasteiger partial charge is 0.383 e. The highest BCUT2D eigenvalue weighted by atomic mass is 15.3. The van der Waals surface area contributed by atoms with Crippen molar-refractivity contribution < 1.29 is 0 Å². The lowest BCUT2D eigenvalue weighted by Crippen LogP contribution is -2.03. The van der Waals surface area contributed by atoms with Crippen molar-refractivity contribution in [1.29, 1.82) is 0 Å². The quantitative estimate of drug-likeness (QED) is 0.877. The second kappa shape index (κ2) is 4.99. The average Bonchev–Trinajstić information content (AvgIpc) is 2.67. The Bertz CT molecular complexity index is 488. The summed E-state index contributed by atoms with van der Waals surface area (Å²) >= 11 is 0. The molecule has 2 aromatic heterocycles. The third-order valence-corrected chi connectivity index (χ3v) is 2.84. The van der Waals surface area contributed by atoms with Crippen molar-refractivity contribution in [1.82, 2.24) is 14.8 Å². The van der Waals surface area contributed by atoms with Crippen molar-refractivity contribution in [2.45, 2.75) is 33.1 Å². The smallest absolute Gasteiger partial charge is 0.130 e. The molecule has 0 atom stereocenters. The standard InChI is InChI=1S/C13H18N4/c1-3-6-12-11(4-2)13(14)17(16-12)10-7-5-8-15-9-10/h5,7-9H,3-4,6,14H2,1-2H3. The van der Waals surface area contributed by atoms with Crippen LogP contribution >= 0.6 is 0 Å². The van der Waals surface area contributed by atoms with Gasteiger partial charge in [0, 0.05) is 11.8 Å². The van der Waals surface area contributed by atoms with Gasteiger partial charge in [-0.25, -0.2) is 4.68 Å². The molecule has 0 radical (unpaired) electrons. The van der Waals surface area contributed by atoms with E-state index in [1.54, 1.807) is 17.1 Å². The first-order chi connectivity index (χ1) is 8.27. The summed E-state index contributed by atoms with van der Waals surface area (Å²) in [6.07, 6.45) is 6.49. The van der Waals surface area contributed by atoms with Crippen LogP contribution in [0.5, 0.6) is 0 Å². The molecule has 90 valence electrons. The van der Waals surface area contributed by atoms with E-state index in [0.29, 0.717) is 0 Å². The molecular formula is C13H18N4. The number of nitrogen functional groups attached to an aromatic ring is 1. The van der Waals surface area contributed by atoms with E-state index in [2.05, 4.69) is 23.9 Å². The van der Waals surface area contributed by atoms with E-state index >= 15 is 0 Å². The zero-order chi connectivity index (χ0) is 12.3. The molecule has 2 rings (SSSR count). The lowest BCUT2D eigenvalue weighted by Gasteiger charge is -2.02. The van der Waals surface area contributed by atoms with Crippen molar-refractivity contribution in [3.8, 4) is 5.69 Å². The summed E-state index contributed by atoms with van der Waals surface area (Å²) in [4.78, 5) is 4.10. The molecule has 4 heteroatoms. The van der Waals surface area contributed by atoms with Gasteiger partial charge < -0.3 is 5.73 Å². The Morgan fingerprint density at radius 2 is 2.18 bits per heavy atom. The van der Waals surface area contributed by atoms with Crippen LogP contribution in [-0.4, -0.2) is 14.8 Å². The fraction of sp³-hybridized carbons (Fsp3) is 0.385. The van der Waals surface area contributed by atoms with Crippen LogP contribution in [0.2, 0.25) is 0 Å². The van der Waals surface area contributed by atoms with E-state index in [0.717, 1.165) is 42.0 Å². The molecule has 0 aliphatic rings. The van der Waals surface area contributed by atoms with E-state index in [4.69, 9.17) is 5.73 Å². The van der Waals surface area contributed by atoms with E-state index in [1.165, 1.54) is 0 Å². The van der Waals surface area contributed by atoms with Crippen LogP contribution in [0.25, 0.3) is 5.69 Å². The van der Waals surface area contributed by atoms with Crippen molar-refractivity contribution in [2.75, 3.05) is 5.73 Å². The molecule has 4 nitrogen and oxygen atoms in total. The van der Waals surface area contributed by atoms with Crippen LogP contribution in [0.3, 0.4) is 0 Å². The number of nitrogens with zero attached hydrogens (tertiary/aromatic N) is 3. The minimum absolute atomic E-state index is 0.740. The monoisotopic (exact) mass is 230 g/mol. The molecule has 0 amide bonds. The molecule has 0 bridgehead atoms. The summed E-state index contributed by atoms with van der Waals surface area (Å²) in [5.74, 6) is 0.740. The number of rotatable bonds is 4. The number of hydrogen-bond acceptors (Lipinski definition) is 3. The Balaban J connectivity index is 2.49. The first-order valence-corrected chi connectivity index (χ1v) is 6.04. The van der Waals surface area contributed by atoms with Gasteiger partial charge in [0.1, 0.15) is 5.82 Å². The molecule has 2 heterocycles. The third kappa shape index (κ3) is 2.16. The topological polar surface area (TPSA) is 56.7 Å². The van der Waals surface area contributed by atoms with E-state index in [9.17, 15) is 0 Å². The predicted molar refractivity (Wildman–Crippen MR) is 69.1 cm³/mol. The number of aryl methyl sites for hydroxylation is 1. The molecule has 0 aromatic carbocycles. The highest BCUT2D eigenvalue weighted by Gasteiger charge is 2.14. The van der Waals surface area contributed by atoms with Gasteiger partial charge in [0.25, 0.3) is 0 Å². The van der Waals surface area contributed by atoms with Crippen LogP contribution in [-0.2, 0) is 12.8 Å². The highest BCUT2D eigenvalue weighted by Crippen LogP contribution is 2.22. The molecule has 2 N–H and O–H groups in total. The molecular weight excluding hydrogens is 212 g/mol. The van der Waals surface area contributed by atoms with Crippen LogP contribution in [0.15, 0.2) is 24.5 Å². The lowest BCUT2D eigenvalue weighted by molar-refractivity contribution is 0.804. The third-order valence-electron chi connectivity index (χ3n) is 2.84. The Morgan fingerprint density at radius 1 is 1.35 bits per heavy atom. The zero-order valence-electron chi connectivity index (χ0n) is 10.3. The molecule has 0 aliphatic carbocycles. The number of hydrogen-bond donors (Lipinski definition) is 1. The van der Waals surface area contributed by atoms with Crippen molar-refractivity contribution in [2.24, 2.45) is 0 Å². The van der Waals surface area contributed by atoms with Crippen LogP contribution in [0.4, 0.5) is 5.82 Å². The number of anilines is 1. The molecule has 0 unspecified atom stereocenters. The first kappa shape index (κ1) is 11.6. The van der Waals surface area contributed by atoms with E-state index < -0.39 is 0 Å². The Morgan fingerprint density at radius 3 is 2.76 bits per heavy atom. The van der Waals surface area contributed by atoms with Crippen molar-refractivity contribution in [3.05, 3.63) is 35.8 Å². The fourth-order valence-corrected chi connectivity index (χ4v) is 2.01. The summed E-state index contributed by atoms with van der Waals surface area (Å²) in [7, 11) is 0. The van der Waals surface area contributed by atoms with Gasteiger partial charge in [-0.2, -0.15) is 5.10 Å². The zero-order valence-corrected chi connectivity index (χ0v) is 10.3. The molecule has 2 aromatic rings. The van der Waals surface area contributed by atoms with Gasteiger partial charge in [0.2, 0.25) is 0 Å². The Labute approximate surface area is 101 Å². The summed E-state index contributed by atoms with van der Waals surface area (Å²) in [6.45, 7) is 4.26. The number of aromatic nitrogens is 3. The van der Waals surface area contributed by atoms with Gasteiger partial charge in [0.15, 0.2) is 0 Å². The van der Waals surface area contributed by atoms with Crippen LogP contribution in [0, 0.1) is 0 Å². The van der Waals surface area contributed by atoms with Gasteiger partial charge >= 0.3 is 0 Å². The summed E-state index contributed by atoms with van der Waals surface area (Å²) in [5, 5.41) is 4.59. The van der Waals surface area contributed by atoms with Gasteiger partial charge in [-0.05, 0) is 25.0 Å². The molecule has 17 heavy (non-hydrogen) atoms. The molecule has 0 spiro atoms. The van der Waals surface area contributed by atoms with Gasteiger partial charge in [-0.15, -0.1) is 0 Å². The van der Waals surface area contributed by atoms with Gasteiger partial charge in [0.05, 0.1) is 17.6 Å². The minimum Gasteiger partial charge on any atom is -0.383 e. The molecule has 0 fully saturated rings. The fourth-order valence-electron chi connectivity index (χ4n) is 2.01. The minimum atomic E-state index is 0.740. The average molecular weight is 230 g/mol. The van der Waals surface area contributed by atoms with Crippen LogP contribution in [0.1, 0.15) is 31.5 Å². The maximum atomic E-state index is 6.15. The van der Waals surface area contributed by atoms with Crippen molar-refractivity contribution >= 4 is 5.82 Å². The summed E-state index contributed by atoms with van der Waals surface area (Å²) in [6, 6.07) is 3.85. The van der Waals surface area contributed by atoms with E-state index in [1.807, 2.05) is 12.1 Å².